The van der Waals surface area contributed by atoms with Crippen molar-refractivity contribution in [1.29, 1.82) is 0 Å². The second-order valence-corrected chi connectivity index (χ2v) is 9.16. The highest BCUT2D eigenvalue weighted by Crippen LogP contribution is 2.10. The van der Waals surface area contributed by atoms with Gasteiger partial charge in [-0.3, -0.25) is 9.97 Å². The van der Waals surface area contributed by atoms with Crippen molar-refractivity contribution >= 4 is 22.6 Å². The quantitative estimate of drug-likeness (QED) is 0.158. The number of hydrogen-bond donors (Lipinski definition) is 0. The van der Waals surface area contributed by atoms with Crippen molar-refractivity contribution < 1.29 is 8.78 Å². The third-order valence-electron chi connectivity index (χ3n) is 5.15. The molecule has 6 nitrogen and oxygen atoms in total. The molecule has 0 atom stereocenters. The van der Waals surface area contributed by atoms with Crippen LogP contribution >= 0.6 is 22.6 Å². The summed E-state index contributed by atoms with van der Waals surface area (Å²) in [7, 11) is 0. The van der Waals surface area contributed by atoms with Gasteiger partial charge in [0.05, 0.1) is 11.4 Å². The van der Waals surface area contributed by atoms with Gasteiger partial charge in [-0.2, -0.15) is 10.2 Å². The maximum Gasteiger partial charge on any atom is 0.136 e. The van der Waals surface area contributed by atoms with Gasteiger partial charge >= 0.3 is 0 Å². The van der Waals surface area contributed by atoms with E-state index in [2.05, 4.69) is 60.5 Å². The zero-order valence-corrected chi connectivity index (χ0v) is 23.6. The van der Waals surface area contributed by atoms with Crippen LogP contribution in [-0.2, 0) is 0 Å². The summed E-state index contributed by atoms with van der Waals surface area (Å²) in [5, 5.41) is 8.52. The van der Waals surface area contributed by atoms with Gasteiger partial charge in [0.1, 0.15) is 21.0 Å². The van der Waals surface area contributed by atoms with Crippen LogP contribution in [0.25, 0.3) is 11.4 Å². The van der Waals surface area contributed by atoms with Crippen LogP contribution in [0.1, 0.15) is 16.8 Å². The molecule has 0 bridgehead atoms. The largest absolute Gasteiger partial charge is 0.263 e. The molecule has 0 saturated heterocycles. The number of pyridine rings is 2. The number of rotatable bonds is 2. The highest BCUT2D eigenvalue weighted by atomic mass is 127. The molecule has 200 valence electrons. The van der Waals surface area contributed by atoms with Crippen molar-refractivity contribution in [3.63, 3.8) is 0 Å². The van der Waals surface area contributed by atoms with E-state index in [4.69, 9.17) is 6.42 Å². The van der Waals surface area contributed by atoms with E-state index in [1.54, 1.807) is 64.6 Å². The number of halogens is 3. The zero-order valence-electron chi connectivity index (χ0n) is 21.4. The Labute approximate surface area is 249 Å². The fraction of sp³-hybridized carbons (Fsp3) is 0. The Bertz CT molecular complexity index is 1760. The second kappa shape index (κ2) is 14.9. The van der Waals surface area contributed by atoms with Crippen molar-refractivity contribution in [2.24, 2.45) is 0 Å². The van der Waals surface area contributed by atoms with Crippen LogP contribution in [0.15, 0.2) is 122 Å². The molecular weight excluding hydrogens is 633 g/mol. The van der Waals surface area contributed by atoms with Gasteiger partial charge in [0.2, 0.25) is 0 Å². The minimum absolute atomic E-state index is 0.231. The average molecular weight is 654 g/mol. The van der Waals surface area contributed by atoms with Gasteiger partial charge in [-0.15, -0.1) is 6.42 Å². The Morgan fingerprint density at radius 3 is 1.63 bits per heavy atom. The number of benzene rings is 2. The first-order chi connectivity index (χ1) is 20.0. The van der Waals surface area contributed by atoms with E-state index in [0.717, 1.165) is 26.2 Å². The lowest BCUT2D eigenvalue weighted by Gasteiger charge is -1.99. The molecule has 0 aliphatic carbocycles. The maximum absolute atomic E-state index is 12.9. The molecule has 41 heavy (non-hydrogen) atoms. The van der Waals surface area contributed by atoms with E-state index in [1.807, 2.05) is 42.6 Å². The van der Waals surface area contributed by atoms with E-state index in [1.165, 1.54) is 24.3 Å². The molecule has 0 amide bonds. The van der Waals surface area contributed by atoms with E-state index < -0.39 is 0 Å². The normalized spacial score (nSPS) is 9.61. The van der Waals surface area contributed by atoms with Gasteiger partial charge in [0, 0.05) is 48.3 Å². The summed E-state index contributed by atoms with van der Waals surface area (Å²) in [6.07, 6.45) is 15.4. The van der Waals surface area contributed by atoms with E-state index in [0.29, 0.717) is 5.69 Å². The summed E-state index contributed by atoms with van der Waals surface area (Å²) >= 11 is 2.13. The van der Waals surface area contributed by atoms with Gasteiger partial charge in [-0.05, 0) is 113 Å². The average Bonchev–Trinajstić information content (AvgIpc) is 3.68. The third kappa shape index (κ3) is 9.24. The van der Waals surface area contributed by atoms with E-state index in [9.17, 15) is 8.78 Å². The minimum atomic E-state index is -0.266. The van der Waals surface area contributed by atoms with Crippen molar-refractivity contribution in [2.45, 2.75) is 0 Å². The molecule has 0 spiro atoms. The highest BCUT2D eigenvalue weighted by Gasteiger charge is 2.00. The lowest BCUT2D eigenvalue weighted by molar-refractivity contribution is 0.626. The predicted octanol–water partition coefficient (Wildman–Crippen LogP) is 6.49. The van der Waals surface area contributed by atoms with Crippen molar-refractivity contribution in [2.75, 3.05) is 0 Å². The Morgan fingerprint density at radius 1 is 0.634 bits per heavy atom. The molecule has 0 fully saturated rings. The van der Waals surface area contributed by atoms with Gasteiger partial charge in [-0.1, -0.05) is 11.8 Å². The van der Waals surface area contributed by atoms with Crippen LogP contribution in [0.5, 0.6) is 0 Å². The lowest BCUT2D eigenvalue weighted by Crippen LogP contribution is -1.94. The Kier molecular flexibility index (Phi) is 10.5. The predicted molar refractivity (Wildman–Crippen MR) is 162 cm³/mol. The third-order valence-corrected chi connectivity index (χ3v) is 5.73. The maximum atomic E-state index is 12.9. The summed E-state index contributed by atoms with van der Waals surface area (Å²) in [5.41, 5.74) is 3.97. The molecule has 2 aromatic carbocycles. The molecule has 0 N–H and O–H groups in total. The molecule has 9 heteroatoms. The van der Waals surface area contributed by atoms with Gasteiger partial charge < -0.3 is 0 Å². The molecule has 6 aromatic rings. The fourth-order valence-corrected chi connectivity index (χ4v) is 3.58. The van der Waals surface area contributed by atoms with Crippen LogP contribution in [-0.4, -0.2) is 29.5 Å². The van der Waals surface area contributed by atoms with E-state index in [-0.39, 0.29) is 11.6 Å². The first kappa shape index (κ1) is 28.9. The molecule has 0 aliphatic heterocycles. The summed E-state index contributed by atoms with van der Waals surface area (Å²) in [6.45, 7) is 0. The van der Waals surface area contributed by atoms with Crippen LogP contribution < -0.4 is 0 Å². The highest BCUT2D eigenvalue weighted by molar-refractivity contribution is 14.1. The number of aromatic nitrogens is 6. The summed E-state index contributed by atoms with van der Waals surface area (Å²) in [4.78, 5) is 7.81. The first-order valence-electron chi connectivity index (χ1n) is 12.1. The van der Waals surface area contributed by atoms with E-state index >= 15 is 0 Å². The smallest absolute Gasteiger partial charge is 0.136 e. The zero-order chi connectivity index (χ0) is 28.9. The van der Waals surface area contributed by atoms with Gasteiger partial charge in [-0.25, -0.2) is 18.1 Å². The molecule has 0 radical (unpaired) electrons. The Hall–Kier alpha value is -5.13. The topological polar surface area (TPSA) is 61.4 Å². The summed E-state index contributed by atoms with van der Waals surface area (Å²) in [6, 6.07) is 23.4. The molecule has 6 rings (SSSR count). The van der Waals surface area contributed by atoms with Crippen LogP contribution in [0.4, 0.5) is 8.78 Å². The molecule has 4 aromatic heterocycles. The molecule has 0 unspecified atom stereocenters. The van der Waals surface area contributed by atoms with Crippen LogP contribution in [0.2, 0.25) is 0 Å². The molecule has 0 saturated carbocycles. The van der Waals surface area contributed by atoms with Crippen LogP contribution in [0.3, 0.4) is 0 Å². The first-order valence-corrected chi connectivity index (χ1v) is 13.2. The monoisotopic (exact) mass is 654 g/mol. The molecule has 0 aliphatic rings. The molecular formula is C32H21F2IN6. The lowest BCUT2D eigenvalue weighted by atomic mass is 10.3. The second-order valence-electron chi connectivity index (χ2n) is 8.06. The number of terminal acetylenes is 1. The van der Waals surface area contributed by atoms with Gasteiger partial charge in [0.15, 0.2) is 0 Å². The SMILES string of the molecule is C#Cc1cccnc1.Fc1ccc(-n2ccc(C#Cc3cccnc3)n2)cc1.Fc1ccc(-n2ccc(I)n2)cc1. The van der Waals surface area contributed by atoms with Crippen molar-refractivity contribution in [1.82, 2.24) is 29.5 Å². The minimum Gasteiger partial charge on any atom is -0.263 e. The van der Waals surface area contributed by atoms with Crippen molar-refractivity contribution in [3.05, 3.63) is 154 Å². The number of hydrogen-bond acceptors (Lipinski definition) is 4. The van der Waals surface area contributed by atoms with Crippen molar-refractivity contribution in [3.8, 4) is 35.6 Å². The Morgan fingerprint density at radius 2 is 1.17 bits per heavy atom. The van der Waals surface area contributed by atoms with Crippen LogP contribution in [0, 0.1) is 39.5 Å². The van der Waals surface area contributed by atoms with Gasteiger partial charge in [0.25, 0.3) is 0 Å². The Balaban J connectivity index is 0.000000158. The summed E-state index contributed by atoms with van der Waals surface area (Å²) in [5.74, 6) is 7.92. The summed E-state index contributed by atoms with van der Waals surface area (Å²) < 4.78 is 29.7. The number of nitrogens with zero attached hydrogens (tertiary/aromatic N) is 6. The molecule has 4 heterocycles. The fourth-order valence-electron chi connectivity index (χ4n) is 3.19. The standard InChI is InChI=1S/C16H10FN3.C9H6FIN2.C7H5N/c17-14-4-7-16(8-5-14)20-11-9-15(19-20)6-3-13-2-1-10-18-12-13;10-7-1-3-8(4-2-7)13-6-5-9(11)12-13;1-2-7-4-3-5-8-6-7/h1-2,4-5,7-12H;1-6H;1,3-6H.